The van der Waals surface area contributed by atoms with Crippen LogP contribution in [0.4, 0.5) is 0 Å². The molecule has 28 heavy (non-hydrogen) atoms. The van der Waals surface area contributed by atoms with E-state index in [1.54, 1.807) is 5.38 Å². The highest BCUT2D eigenvalue weighted by Crippen LogP contribution is 2.32. The second kappa shape index (κ2) is 7.97. The first-order valence-electron chi connectivity index (χ1n) is 9.92. The first-order valence-corrected chi connectivity index (χ1v) is 12.3. The second-order valence-electron chi connectivity index (χ2n) is 7.89. The van der Waals surface area contributed by atoms with E-state index >= 15 is 0 Å². The van der Waals surface area contributed by atoms with Crippen LogP contribution in [-0.4, -0.2) is 32.3 Å². The smallest absolute Gasteiger partial charge is 0.254 e. The van der Waals surface area contributed by atoms with Gasteiger partial charge in [-0.1, -0.05) is 31.2 Å². The summed E-state index contributed by atoms with van der Waals surface area (Å²) in [6.07, 6.45) is 4.75. The minimum absolute atomic E-state index is 0.0624. The Morgan fingerprint density at radius 1 is 1.18 bits per heavy atom. The first kappa shape index (κ1) is 19.6. The minimum atomic E-state index is -3.66. The lowest BCUT2D eigenvalue weighted by Gasteiger charge is -2.30. The molecular weight excluding hydrogens is 392 g/mol. The van der Waals surface area contributed by atoms with Gasteiger partial charge in [0.05, 0.1) is 5.56 Å². The molecule has 0 bridgehead atoms. The van der Waals surface area contributed by atoms with Crippen molar-refractivity contribution >= 4 is 27.3 Å². The maximum absolute atomic E-state index is 12.9. The quantitative estimate of drug-likeness (QED) is 0.817. The summed E-state index contributed by atoms with van der Waals surface area (Å²) < 4.78 is 29.0. The zero-order chi connectivity index (χ0) is 19.7. The van der Waals surface area contributed by atoms with Gasteiger partial charge in [-0.25, -0.2) is 13.1 Å². The van der Waals surface area contributed by atoms with Gasteiger partial charge >= 0.3 is 0 Å². The van der Waals surface area contributed by atoms with Crippen LogP contribution in [-0.2, 0) is 16.4 Å². The summed E-state index contributed by atoms with van der Waals surface area (Å²) in [5, 5.41) is 1.67. The number of amides is 1. The Morgan fingerprint density at radius 3 is 2.71 bits per heavy atom. The predicted octanol–water partition coefficient (Wildman–Crippen LogP) is 3.98. The Hall–Kier alpha value is -1.70. The van der Waals surface area contributed by atoms with E-state index < -0.39 is 10.0 Å². The lowest BCUT2D eigenvalue weighted by atomic mass is 9.88. The fourth-order valence-electron chi connectivity index (χ4n) is 4.09. The maximum Gasteiger partial charge on any atom is 0.254 e. The molecule has 0 unspecified atom stereocenters. The summed E-state index contributed by atoms with van der Waals surface area (Å²) >= 11 is 1.12. The summed E-state index contributed by atoms with van der Waals surface area (Å²) in [6.45, 7) is 3.69. The van der Waals surface area contributed by atoms with Crippen LogP contribution in [0, 0.1) is 5.92 Å². The number of carbonyl (C=O) groups is 1. The molecule has 0 saturated carbocycles. The predicted molar refractivity (Wildman–Crippen MR) is 111 cm³/mol. The molecular formula is C21H26N2O3S2. The van der Waals surface area contributed by atoms with Crippen LogP contribution in [0.25, 0.3) is 0 Å². The number of fused-ring (bicyclic) bond motifs is 1. The van der Waals surface area contributed by atoms with Gasteiger partial charge in [0.1, 0.15) is 4.21 Å². The molecule has 1 aromatic carbocycles. The number of sulfonamides is 1. The number of nitrogens with one attached hydrogen (secondary N) is 1. The monoisotopic (exact) mass is 418 g/mol. The highest BCUT2D eigenvalue weighted by Gasteiger charge is 2.28. The van der Waals surface area contributed by atoms with Gasteiger partial charge in [0.25, 0.3) is 15.9 Å². The number of benzene rings is 1. The van der Waals surface area contributed by atoms with E-state index in [1.807, 2.05) is 23.1 Å². The summed E-state index contributed by atoms with van der Waals surface area (Å²) in [5.41, 5.74) is 2.75. The van der Waals surface area contributed by atoms with Crippen molar-refractivity contribution in [2.75, 3.05) is 13.1 Å². The number of hydrogen-bond donors (Lipinski definition) is 1. The third-order valence-electron chi connectivity index (χ3n) is 5.82. The third kappa shape index (κ3) is 4.02. The van der Waals surface area contributed by atoms with E-state index in [1.165, 1.54) is 11.6 Å². The van der Waals surface area contributed by atoms with E-state index in [0.717, 1.165) is 62.1 Å². The molecule has 1 saturated heterocycles. The zero-order valence-electron chi connectivity index (χ0n) is 16.1. The summed E-state index contributed by atoms with van der Waals surface area (Å²) in [6, 6.07) is 9.34. The molecule has 2 aromatic rings. The van der Waals surface area contributed by atoms with Crippen LogP contribution < -0.4 is 4.72 Å². The molecule has 1 N–H and O–H groups in total. The number of nitrogens with zero attached hydrogens (tertiary/aromatic N) is 1. The molecule has 1 aliphatic heterocycles. The topological polar surface area (TPSA) is 66.5 Å². The summed E-state index contributed by atoms with van der Waals surface area (Å²) in [4.78, 5) is 14.6. The van der Waals surface area contributed by atoms with Crippen LogP contribution >= 0.6 is 11.3 Å². The van der Waals surface area contributed by atoms with Crippen molar-refractivity contribution in [3.63, 3.8) is 0 Å². The average Bonchev–Trinajstić information content (AvgIpc) is 3.19. The van der Waals surface area contributed by atoms with E-state index in [0.29, 0.717) is 11.5 Å². The first-order chi connectivity index (χ1) is 13.4. The van der Waals surface area contributed by atoms with Gasteiger partial charge in [-0.15, -0.1) is 11.3 Å². The number of rotatable bonds is 4. The SMILES string of the molecule is CC1CCN(C(=O)c2csc(S(=O)(=O)N[C@H]3CCCc4ccccc43)c2)CC1. The third-order valence-corrected chi connectivity index (χ3v) is 8.74. The number of aryl methyl sites for hydroxylation is 1. The summed E-state index contributed by atoms with van der Waals surface area (Å²) in [5.74, 6) is 0.581. The average molecular weight is 419 g/mol. The molecule has 1 aliphatic carbocycles. The van der Waals surface area contributed by atoms with Crippen LogP contribution in [0.2, 0.25) is 0 Å². The van der Waals surface area contributed by atoms with E-state index in [4.69, 9.17) is 0 Å². The Morgan fingerprint density at radius 2 is 1.93 bits per heavy atom. The van der Waals surface area contributed by atoms with Gasteiger partial charge < -0.3 is 4.90 Å². The fourth-order valence-corrected chi connectivity index (χ4v) is 6.51. The highest BCUT2D eigenvalue weighted by molar-refractivity contribution is 7.91. The number of thiophene rings is 1. The largest absolute Gasteiger partial charge is 0.339 e. The van der Waals surface area contributed by atoms with Crippen LogP contribution in [0.3, 0.4) is 0 Å². The lowest BCUT2D eigenvalue weighted by molar-refractivity contribution is 0.0697. The van der Waals surface area contributed by atoms with Crippen molar-refractivity contribution in [2.24, 2.45) is 5.92 Å². The van der Waals surface area contributed by atoms with Gasteiger partial charge in [0.15, 0.2) is 0 Å². The van der Waals surface area contributed by atoms with Gasteiger partial charge in [0.2, 0.25) is 0 Å². The number of piperidine rings is 1. The van der Waals surface area contributed by atoms with Gasteiger partial charge in [-0.05, 0) is 55.2 Å². The molecule has 1 fully saturated rings. The molecule has 150 valence electrons. The van der Waals surface area contributed by atoms with Crippen LogP contribution in [0.1, 0.15) is 60.1 Å². The molecule has 1 amide bonds. The van der Waals surface area contributed by atoms with Gasteiger partial charge in [-0.2, -0.15) is 0 Å². The zero-order valence-corrected chi connectivity index (χ0v) is 17.7. The Kier molecular flexibility index (Phi) is 5.58. The molecule has 1 atom stereocenters. The number of hydrogen-bond acceptors (Lipinski definition) is 4. The van der Waals surface area contributed by atoms with E-state index in [2.05, 4.69) is 17.7 Å². The molecule has 4 rings (SSSR count). The van der Waals surface area contributed by atoms with Crippen molar-refractivity contribution in [3.8, 4) is 0 Å². The standard InChI is InChI=1S/C21H26N2O3S2/c1-15-9-11-23(12-10-15)21(24)17-13-20(27-14-17)28(25,26)22-19-8-4-6-16-5-2-3-7-18(16)19/h2-3,5,7,13-15,19,22H,4,6,8-12H2,1H3/t19-/m0/s1. The van der Waals surface area contributed by atoms with Crippen molar-refractivity contribution in [1.29, 1.82) is 0 Å². The Balaban J connectivity index is 1.50. The lowest BCUT2D eigenvalue weighted by Crippen LogP contribution is -2.37. The van der Waals surface area contributed by atoms with E-state index in [-0.39, 0.29) is 16.2 Å². The molecule has 5 nitrogen and oxygen atoms in total. The molecule has 0 spiro atoms. The van der Waals surface area contributed by atoms with Crippen molar-refractivity contribution in [3.05, 3.63) is 52.4 Å². The normalized spacial score (nSPS) is 20.8. The number of likely N-dealkylation sites (tertiary alicyclic amines) is 1. The highest BCUT2D eigenvalue weighted by atomic mass is 32.2. The Bertz CT molecular complexity index is 960. The number of carbonyl (C=O) groups excluding carboxylic acids is 1. The molecule has 1 aromatic heterocycles. The minimum Gasteiger partial charge on any atom is -0.339 e. The summed E-state index contributed by atoms with van der Waals surface area (Å²) in [7, 11) is -3.66. The molecule has 2 aliphatic rings. The van der Waals surface area contributed by atoms with E-state index in [9.17, 15) is 13.2 Å². The fraction of sp³-hybridized carbons (Fsp3) is 0.476. The van der Waals surface area contributed by atoms with Crippen molar-refractivity contribution in [1.82, 2.24) is 9.62 Å². The second-order valence-corrected chi connectivity index (χ2v) is 10.7. The molecule has 0 radical (unpaired) electrons. The van der Waals surface area contributed by atoms with Crippen molar-refractivity contribution in [2.45, 2.75) is 49.3 Å². The van der Waals surface area contributed by atoms with Gasteiger partial charge in [-0.3, -0.25) is 4.79 Å². The maximum atomic E-state index is 12.9. The Labute approximate surface area is 170 Å². The van der Waals surface area contributed by atoms with Crippen LogP contribution in [0.15, 0.2) is 39.9 Å². The van der Waals surface area contributed by atoms with Crippen molar-refractivity contribution < 1.29 is 13.2 Å². The molecule has 7 heteroatoms. The molecule has 2 heterocycles. The van der Waals surface area contributed by atoms with Crippen LogP contribution in [0.5, 0.6) is 0 Å². The van der Waals surface area contributed by atoms with Gasteiger partial charge in [0, 0.05) is 24.5 Å².